The number of nitrogens with one attached hydrogen (secondary N) is 2. The highest BCUT2D eigenvalue weighted by atomic mass is 16.5. The van der Waals surface area contributed by atoms with Crippen LogP contribution in [-0.2, 0) is 14.3 Å². The third-order valence-electron chi connectivity index (χ3n) is 4.18. The summed E-state index contributed by atoms with van der Waals surface area (Å²) in [6.07, 6.45) is 5.80. The summed E-state index contributed by atoms with van der Waals surface area (Å²) in [6, 6.07) is 3.30. The fourth-order valence-corrected chi connectivity index (χ4v) is 2.77. The molecule has 1 fully saturated rings. The van der Waals surface area contributed by atoms with Gasteiger partial charge in [-0.2, -0.15) is 0 Å². The molecule has 0 radical (unpaired) electrons. The Morgan fingerprint density at radius 2 is 2.08 bits per heavy atom. The van der Waals surface area contributed by atoms with Crippen LogP contribution in [0.2, 0.25) is 0 Å². The zero-order chi connectivity index (χ0) is 17.4. The van der Waals surface area contributed by atoms with Crippen LogP contribution in [0.4, 0.5) is 0 Å². The molecule has 1 aliphatic rings. The normalized spacial score (nSPS) is 20.2. The average molecular weight is 336 g/mol. The zero-order valence-electron chi connectivity index (χ0n) is 13.9. The Kier molecular flexibility index (Phi) is 6.84. The van der Waals surface area contributed by atoms with Gasteiger partial charge < -0.3 is 19.8 Å². The van der Waals surface area contributed by atoms with Gasteiger partial charge in [-0.15, -0.1) is 0 Å². The van der Waals surface area contributed by atoms with Crippen LogP contribution in [0.1, 0.15) is 49.6 Å². The lowest BCUT2D eigenvalue weighted by molar-refractivity contribution is -0.148. The SMILES string of the molecule is C[C@@H]1CCCC[C@@H]1NC(=O)COC(=O)CCNC(=O)c1ccco1. The third-order valence-corrected chi connectivity index (χ3v) is 4.18. The Morgan fingerprint density at radius 3 is 2.79 bits per heavy atom. The number of amides is 2. The van der Waals surface area contributed by atoms with Crippen molar-refractivity contribution < 1.29 is 23.5 Å². The maximum Gasteiger partial charge on any atom is 0.308 e. The topological polar surface area (TPSA) is 97.6 Å². The van der Waals surface area contributed by atoms with Crippen LogP contribution >= 0.6 is 0 Å². The first-order valence-corrected chi connectivity index (χ1v) is 8.33. The van der Waals surface area contributed by atoms with E-state index in [2.05, 4.69) is 17.6 Å². The molecule has 7 heteroatoms. The molecule has 7 nitrogen and oxygen atoms in total. The second-order valence-electron chi connectivity index (χ2n) is 6.08. The van der Waals surface area contributed by atoms with Crippen LogP contribution in [0.15, 0.2) is 22.8 Å². The molecule has 1 aliphatic carbocycles. The summed E-state index contributed by atoms with van der Waals surface area (Å²) in [5.41, 5.74) is 0. The number of hydrogen-bond acceptors (Lipinski definition) is 5. The lowest BCUT2D eigenvalue weighted by Gasteiger charge is -2.29. The summed E-state index contributed by atoms with van der Waals surface area (Å²) in [5.74, 6) is -0.556. The highest BCUT2D eigenvalue weighted by Crippen LogP contribution is 2.23. The van der Waals surface area contributed by atoms with Crippen LogP contribution in [0.3, 0.4) is 0 Å². The monoisotopic (exact) mass is 336 g/mol. The summed E-state index contributed by atoms with van der Waals surface area (Å²) >= 11 is 0. The van der Waals surface area contributed by atoms with Gasteiger partial charge in [0, 0.05) is 12.6 Å². The zero-order valence-corrected chi connectivity index (χ0v) is 13.9. The minimum Gasteiger partial charge on any atom is -0.459 e. The van der Waals surface area contributed by atoms with Crippen molar-refractivity contribution in [2.75, 3.05) is 13.2 Å². The molecule has 0 unspecified atom stereocenters. The van der Waals surface area contributed by atoms with Gasteiger partial charge in [0.2, 0.25) is 0 Å². The second kappa shape index (κ2) is 9.10. The molecule has 2 N–H and O–H groups in total. The van der Waals surface area contributed by atoms with Gasteiger partial charge in [-0.1, -0.05) is 19.8 Å². The highest BCUT2D eigenvalue weighted by molar-refractivity contribution is 5.91. The van der Waals surface area contributed by atoms with Crippen molar-refractivity contribution >= 4 is 17.8 Å². The molecule has 132 valence electrons. The van der Waals surface area contributed by atoms with Crippen LogP contribution in [0, 0.1) is 5.92 Å². The van der Waals surface area contributed by atoms with Crippen LogP contribution < -0.4 is 10.6 Å². The van der Waals surface area contributed by atoms with E-state index in [1.54, 1.807) is 6.07 Å². The van der Waals surface area contributed by atoms with E-state index in [9.17, 15) is 14.4 Å². The van der Waals surface area contributed by atoms with Crippen LogP contribution in [0.5, 0.6) is 0 Å². The molecule has 24 heavy (non-hydrogen) atoms. The van der Waals surface area contributed by atoms with Gasteiger partial charge in [0.1, 0.15) is 0 Å². The molecule has 2 atom stereocenters. The van der Waals surface area contributed by atoms with Gasteiger partial charge in [0.05, 0.1) is 12.7 Å². The third kappa shape index (κ3) is 5.72. The molecule has 0 spiro atoms. The smallest absolute Gasteiger partial charge is 0.308 e. The van der Waals surface area contributed by atoms with Gasteiger partial charge in [-0.05, 0) is 30.9 Å². The number of carbonyl (C=O) groups is 3. The molecule has 0 bridgehead atoms. The van der Waals surface area contributed by atoms with E-state index in [1.165, 1.54) is 18.8 Å². The van der Waals surface area contributed by atoms with Crippen LogP contribution in [-0.4, -0.2) is 37.0 Å². The van der Waals surface area contributed by atoms with E-state index in [4.69, 9.17) is 9.15 Å². The number of ether oxygens (including phenoxy) is 1. The van der Waals surface area contributed by atoms with Gasteiger partial charge >= 0.3 is 5.97 Å². The maximum atomic E-state index is 11.8. The summed E-state index contributed by atoms with van der Waals surface area (Å²) in [4.78, 5) is 35.0. The first-order valence-electron chi connectivity index (χ1n) is 8.33. The predicted molar refractivity (Wildman–Crippen MR) is 86.2 cm³/mol. The van der Waals surface area contributed by atoms with E-state index in [0.717, 1.165) is 19.3 Å². The number of esters is 1. The van der Waals surface area contributed by atoms with Crippen molar-refractivity contribution in [2.45, 2.75) is 45.1 Å². The molecule has 1 aromatic heterocycles. The molecular formula is C17H24N2O5. The summed E-state index contributed by atoms with van der Waals surface area (Å²) < 4.78 is 9.86. The van der Waals surface area contributed by atoms with Crippen molar-refractivity contribution in [3.8, 4) is 0 Å². The molecule has 0 aromatic carbocycles. The molecule has 1 aromatic rings. The minimum absolute atomic E-state index is 0.000437. The van der Waals surface area contributed by atoms with Crippen molar-refractivity contribution in [3.63, 3.8) is 0 Å². The Hall–Kier alpha value is -2.31. The van der Waals surface area contributed by atoms with E-state index in [-0.39, 0.29) is 37.3 Å². The van der Waals surface area contributed by atoms with Gasteiger partial charge in [0.25, 0.3) is 11.8 Å². The Bertz CT molecular complexity index is 555. The quantitative estimate of drug-likeness (QED) is 0.738. The Morgan fingerprint density at radius 1 is 1.29 bits per heavy atom. The predicted octanol–water partition coefficient (Wildman–Crippen LogP) is 1.64. The molecule has 1 heterocycles. The average Bonchev–Trinajstić information content (AvgIpc) is 3.09. The van der Waals surface area contributed by atoms with E-state index in [0.29, 0.717) is 5.92 Å². The molecule has 2 amide bonds. The number of hydrogen-bond donors (Lipinski definition) is 2. The van der Waals surface area contributed by atoms with E-state index in [1.807, 2.05) is 0 Å². The van der Waals surface area contributed by atoms with Crippen molar-refractivity contribution in [3.05, 3.63) is 24.2 Å². The fraction of sp³-hybridized carbons (Fsp3) is 0.588. The number of carbonyl (C=O) groups excluding carboxylic acids is 3. The Labute approximate surface area is 141 Å². The first-order chi connectivity index (χ1) is 11.6. The fourth-order valence-electron chi connectivity index (χ4n) is 2.77. The van der Waals surface area contributed by atoms with Crippen molar-refractivity contribution in [1.29, 1.82) is 0 Å². The maximum absolute atomic E-state index is 11.8. The standard InChI is InChI=1S/C17H24N2O5/c1-12-5-2-3-6-13(12)19-15(20)11-24-16(21)8-9-18-17(22)14-7-4-10-23-14/h4,7,10,12-13H,2-3,5-6,8-9,11H2,1H3,(H,18,22)(H,19,20)/t12-,13+/m1/s1. The van der Waals surface area contributed by atoms with Crippen molar-refractivity contribution in [1.82, 2.24) is 10.6 Å². The Balaban J connectivity index is 1.58. The lowest BCUT2D eigenvalue weighted by atomic mass is 9.86. The largest absolute Gasteiger partial charge is 0.459 e. The molecule has 1 saturated carbocycles. The van der Waals surface area contributed by atoms with E-state index < -0.39 is 11.9 Å². The molecule has 0 aliphatic heterocycles. The van der Waals surface area contributed by atoms with Gasteiger partial charge in [0.15, 0.2) is 12.4 Å². The summed E-state index contributed by atoms with van der Waals surface area (Å²) in [5, 5.41) is 5.46. The molecule has 2 rings (SSSR count). The molecular weight excluding hydrogens is 312 g/mol. The van der Waals surface area contributed by atoms with Gasteiger partial charge in [-0.3, -0.25) is 14.4 Å². The lowest BCUT2D eigenvalue weighted by Crippen LogP contribution is -2.43. The summed E-state index contributed by atoms with van der Waals surface area (Å²) in [6.45, 7) is 1.96. The van der Waals surface area contributed by atoms with E-state index >= 15 is 0 Å². The number of furan rings is 1. The minimum atomic E-state index is -0.526. The van der Waals surface area contributed by atoms with Crippen LogP contribution in [0.25, 0.3) is 0 Å². The summed E-state index contributed by atoms with van der Waals surface area (Å²) in [7, 11) is 0. The first kappa shape index (κ1) is 18.0. The van der Waals surface area contributed by atoms with Gasteiger partial charge in [-0.25, -0.2) is 0 Å². The van der Waals surface area contributed by atoms with Crippen molar-refractivity contribution in [2.24, 2.45) is 5.92 Å². The number of rotatable bonds is 7. The highest BCUT2D eigenvalue weighted by Gasteiger charge is 2.23. The second-order valence-corrected chi connectivity index (χ2v) is 6.08. The molecule has 0 saturated heterocycles.